The molecule has 0 saturated carbocycles. The van der Waals surface area contributed by atoms with Crippen molar-refractivity contribution in [1.29, 1.82) is 0 Å². The van der Waals surface area contributed by atoms with E-state index in [-0.39, 0.29) is 11.4 Å². The smallest absolute Gasteiger partial charge is 0.141 e. The standard InChI is InChI=1S/C9H6N2O2/c12-8-3-1-2-6-4-7(11-13)5-10-9(6)8/h1-5,12H. The third kappa shape index (κ3) is 1.22. The first-order valence-corrected chi connectivity index (χ1v) is 3.72. The fourth-order valence-corrected chi connectivity index (χ4v) is 1.18. The Bertz CT molecular complexity index is 468. The molecule has 4 heteroatoms. The number of pyridine rings is 1. The van der Waals surface area contributed by atoms with E-state index in [1.807, 2.05) is 0 Å². The minimum atomic E-state index is 0.106. The molecule has 1 aromatic carbocycles. The van der Waals surface area contributed by atoms with Gasteiger partial charge in [-0.05, 0) is 17.3 Å². The molecule has 4 nitrogen and oxygen atoms in total. The molecule has 0 atom stereocenters. The summed E-state index contributed by atoms with van der Waals surface area (Å²) in [6, 6.07) is 6.57. The third-order valence-corrected chi connectivity index (χ3v) is 1.78. The van der Waals surface area contributed by atoms with Gasteiger partial charge >= 0.3 is 0 Å². The summed E-state index contributed by atoms with van der Waals surface area (Å²) in [5.74, 6) is 0.106. The van der Waals surface area contributed by atoms with Crippen molar-refractivity contribution in [2.75, 3.05) is 0 Å². The highest BCUT2D eigenvalue weighted by atomic mass is 16.3. The Morgan fingerprint density at radius 3 is 3.00 bits per heavy atom. The molecule has 13 heavy (non-hydrogen) atoms. The summed E-state index contributed by atoms with van der Waals surface area (Å²) in [6.07, 6.45) is 1.33. The maximum atomic E-state index is 10.2. The quantitative estimate of drug-likeness (QED) is 0.675. The summed E-state index contributed by atoms with van der Waals surface area (Å²) in [5.41, 5.74) is 0.744. The molecule has 0 saturated heterocycles. The lowest BCUT2D eigenvalue weighted by Gasteiger charge is -1.98. The minimum Gasteiger partial charge on any atom is -0.506 e. The predicted octanol–water partition coefficient (Wildman–Crippen LogP) is 2.34. The molecule has 2 rings (SSSR count). The molecular weight excluding hydrogens is 168 g/mol. The van der Waals surface area contributed by atoms with E-state index in [0.717, 1.165) is 0 Å². The molecule has 0 amide bonds. The van der Waals surface area contributed by atoms with Crippen LogP contribution in [0.2, 0.25) is 0 Å². The molecule has 0 radical (unpaired) electrons. The maximum absolute atomic E-state index is 10.2. The zero-order valence-corrected chi connectivity index (χ0v) is 6.64. The first kappa shape index (κ1) is 7.67. The second-order valence-corrected chi connectivity index (χ2v) is 2.63. The molecule has 0 fully saturated rings. The Hall–Kier alpha value is -1.97. The third-order valence-electron chi connectivity index (χ3n) is 1.78. The SMILES string of the molecule is O=Nc1cnc2c(O)cccc2c1. The Labute approximate surface area is 73.8 Å². The van der Waals surface area contributed by atoms with Gasteiger partial charge in [-0.2, -0.15) is 0 Å². The Kier molecular flexibility index (Phi) is 1.66. The normalized spacial score (nSPS) is 10.2. The largest absolute Gasteiger partial charge is 0.506 e. The number of fused-ring (bicyclic) bond motifs is 1. The molecule has 2 aromatic rings. The summed E-state index contributed by atoms with van der Waals surface area (Å²) in [5, 5.41) is 12.8. The maximum Gasteiger partial charge on any atom is 0.141 e. The fraction of sp³-hybridized carbons (Fsp3) is 0. The predicted molar refractivity (Wildman–Crippen MR) is 48.9 cm³/mol. The highest BCUT2D eigenvalue weighted by Crippen LogP contribution is 2.24. The zero-order valence-electron chi connectivity index (χ0n) is 6.64. The van der Waals surface area contributed by atoms with Gasteiger partial charge in [-0.25, -0.2) is 4.98 Å². The van der Waals surface area contributed by atoms with Crippen LogP contribution in [0.1, 0.15) is 0 Å². The van der Waals surface area contributed by atoms with Gasteiger partial charge in [0, 0.05) is 5.39 Å². The van der Waals surface area contributed by atoms with Gasteiger partial charge < -0.3 is 5.11 Å². The van der Waals surface area contributed by atoms with Crippen LogP contribution in [0, 0.1) is 4.91 Å². The number of aromatic hydroxyl groups is 1. The van der Waals surface area contributed by atoms with E-state index in [0.29, 0.717) is 10.9 Å². The van der Waals surface area contributed by atoms with Crippen molar-refractivity contribution >= 4 is 16.6 Å². The molecule has 0 aliphatic rings. The van der Waals surface area contributed by atoms with Crippen molar-refractivity contribution < 1.29 is 5.11 Å². The van der Waals surface area contributed by atoms with Crippen molar-refractivity contribution in [3.8, 4) is 5.75 Å². The van der Waals surface area contributed by atoms with Crippen LogP contribution in [0.3, 0.4) is 0 Å². The van der Waals surface area contributed by atoms with Gasteiger partial charge in [0.05, 0.1) is 6.20 Å². The second-order valence-electron chi connectivity index (χ2n) is 2.63. The number of nitroso groups, excluding NO2 is 1. The van der Waals surface area contributed by atoms with Crippen LogP contribution >= 0.6 is 0 Å². The number of rotatable bonds is 1. The Morgan fingerprint density at radius 1 is 1.38 bits per heavy atom. The lowest BCUT2D eigenvalue weighted by atomic mass is 10.2. The van der Waals surface area contributed by atoms with Crippen molar-refractivity contribution in [3.63, 3.8) is 0 Å². The molecule has 0 spiro atoms. The van der Waals surface area contributed by atoms with E-state index >= 15 is 0 Å². The second kappa shape index (κ2) is 2.82. The molecule has 64 valence electrons. The number of para-hydroxylation sites is 1. The molecule has 1 heterocycles. The van der Waals surface area contributed by atoms with Crippen LogP contribution in [0.4, 0.5) is 5.69 Å². The molecule has 1 aromatic heterocycles. The van der Waals surface area contributed by atoms with E-state index in [1.54, 1.807) is 24.3 Å². The summed E-state index contributed by atoms with van der Waals surface area (Å²) < 4.78 is 0. The van der Waals surface area contributed by atoms with E-state index in [1.165, 1.54) is 6.20 Å². The number of hydrogen-bond acceptors (Lipinski definition) is 4. The zero-order chi connectivity index (χ0) is 9.26. The monoisotopic (exact) mass is 174 g/mol. The van der Waals surface area contributed by atoms with E-state index in [9.17, 15) is 10.0 Å². The summed E-state index contributed by atoms with van der Waals surface area (Å²) >= 11 is 0. The van der Waals surface area contributed by atoms with Crippen molar-refractivity contribution in [1.82, 2.24) is 4.98 Å². The van der Waals surface area contributed by atoms with Gasteiger partial charge in [-0.3, -0.25) is 0 Å². The van der Waals surface area contributed by atoms with Crippen LogP contribution in [0.25, 0.3) is 10.9 Å². The number of phenolic OH excluding ortho intramolecular Hbond substituents is 1. The number of aromatic nitrogens is 1. The van der Waals surface area contributed by atoms with E-state index < -0.39 is 0 Å². The van der Waals surface area contributed by atoms with Gasteiger partial charge in [0.2, 0.25) is 0 Å². The van der Waals surface area contributed by atoms with Crippen LogP contribution in [-0.2, 0) is 0 Å². The summed E-state index contributed by atoms with van der Waals surface area (Å²) in [6.45, 7) is 0. The minimum absolute atomic E-state index is 0.106. The average Bonchev–Trinajstić information content (AvgIpc) is 2.18. The molecule has 0 aliphatic carbocycles. The number of phenols is 1. The highest BCUT2D eigenvalue weighted by Gasteiger charge is 2.01. The lowest BCUT2D eigenvalue weighted by molar-refractivity contribution is 0.480. The Morgan fingerprint density at radius 2 is 2.23 bits per heavy atom. The van der Waals surface area contributed by atoms with Gasteiger partial charge in [0.1, 0.15) is 17.0 Å². The van der Waals surface area contributed by atoms with E-state index in [4.69, 9.17) is 0 Å². The van der Waals surface area contributed by atoms with Crippen LogP contribution in [0.5, 0.6) is 5.75 Å². The highest BCUT2D eigenvalue weighted by molar-refractivity contribution is 5.85. The van der Waals surface area contributed by atoms with Crippen molar-refractivity contribution in [2.45, 2.75) is 0 Å². The first-order valence-electron chi connectivity index (χ1n) is 3.72. The van der Waals surface area contributed by atoms with Gasteiger partial charge in [0.15, 0.2) is 0 Å². The fourth-order valence-electron chi connectivity index (χ4n) is 1.18. The first-order chi connectivity index (χ1) is 6.31. The topological polar surface area (TPSA) is 62.5 Å². The molecule has 1 N–H and O–H groups in total. The van der Waals surface area contributed by atoms with Crippen molar-refractivity contribution in [2.24, 2.45) is 5.18 Å². The Balaban J connectivity index is 2.79. The molecule has 0 unspecified atom stereocenters. The van der Waals surface area contributed by atoms with Gasteiger partial charge in [0.25, 0.3) is 0 Å². The molecule has 0 aliphatic heterocycles. The van der Waals surface area contributed by atoms with E-state index in [2.05, 4.69) is 10.2 Å². The van der Waals surface area contributed by atoms with Crippen LogP contribution in [0.15, 0.2) is 35.6 Å². The van der Waals surface area contributed by atoms with Crippen LogP contribution < -0.4 is 0 Å². The lowest BCUT2D eigenvalue weighted by Crippen LogP contribution is -1.78. The summed E-state index contributed by atoms with van der Waals surface area (Å²) in [7, 11) is 0. The van der Waals surface area contributed by atoms with Crippen molar-refractivity contribution in [3.05, 3.63) is 35.4 Å². The van der Waals surface area contributed by atoms with Gasteiger partial charge in [-0.15, -0.1) is 4.91 Å². The summed E-state index contributed by atoms with van der Waals surface area (Å²) in [4.78, 5) is 14.1. The number of hydrogen-bond donors (Lipinski definition) is 1. The number of benzene rings is 1. The number of nitrogens with zero attached hydrogens (tertiary/aromatic N) is 2. The van der Waals surface area contributed by atoms with Gasteiger partial charge in [-0.1, -0.05) is 12.1 Å². The average molecular weight is 174 g/mol. The molecular formula is C9H6N2O2. The molecule has 0 bridgehead atoms. The van der Waals surface area contributed by atoms with Crippen LogP contribution in [-0.4, -0.2) is 10.1 Å².